The van der Waals surface area contributed by atoms with E-state index in [1.54, 1.807) is 30.3 Å². The number of guanidine groups is 1. The van der Waals surface area contributed by atoms with E-state index in [1.807, 2.05) is 13.8 Å². The molecule has 0 saturated heterocycles. The average Bonchev–Trinajstić information content (AvgIpc) is 2.64. The number of hydrogen-bond donors (Lipinski definition) is 2. The lowest BCUT2D eigenvalue weighted by molar-refractivity contribution is -0.385. The number of ether oxygens (including phenoxy) is 1. The highest BCUT2D eigenvalue weighted by Crippen LogP contribution is 2.18. The number of benzene rings is 2. The third-order valence-corrected chi connectivity index (χ3v) is 3.63. The molecule has 27 heavy (non-hydrogen) atoms. The van der Waals surface area contributed by atoms with Crippen LogP contribution in [-0.2, 0) is 6.54 Å². The fourth-order valence-electron chi connectivity index (χ4n) is 2.38. The van der Waals surface area contributed by atoms with Crippen molar-refractivity contribution in [1.29, 1.82) is 0 Å². The largest absolute Gasteiger partial charge is 0.489 e. The van der Waals surface area contributed by atoms with Gasteiger partial charge in [0.05, 0.1) is 23.6 Å². The molecule has 0 heterocycles. The van der Waals surface area contributed by atoms with Gasteiger partial charge in [0.15, 0.2) is 5.96 Å². The van der Waals surface area contributed by atoms with E-state index in [2.05, 4.69) is 15.6 Å². The number of nitrogens with one attached hydrogen (secondary N) is 2. The standard InChI is InChI=1S/C19H23FN4O3/c1-3-21-19(23-13-15-7-4-5-10-18(15)24(25)26)22-12-14(2)27-17-9-6-8-16(20)11-17/h4-11,14H,3,12-13H2,1-2H3,(H2,21,22,23). The fraction of sp³-hybridized carbons (Fsp3) is 0.316. The lowest BCUT2D eigenvalue weighted by atomic mass is 10.2. The van der Waals surface area contributed by atoms with Gasteiger partial charge in [-0.2, -0.15) is 0 Å². The van der Waals surface area contributed by atoms with E-state index in [0.29, 0.717) is 30.4 Å². The van der Waals surface area contributed by atoms with Gasteiger partial charge in [0.2, 0.25) is 0 Å². The van der Waals surface area contributed by atoms with Gasteiger partial charge >= 0.3 is 0 Å². The van der Waals surface area contributed by atoms with Crippen molar-refractivity contribution < 1.29 is 14.1 Å². The highest BCUT2D eigenvalue weighted by molar-refractivity contribution is 5.79. The summed E-state index contributed by atoms with van der Waals surface area (Å²) in [5.41, 5.74) is 0.573. The topological polar surface area (TPSA) is 88.8 Å². The Morgan fingerprint density at radius 1 is 1.26 bits per heavy atom. The van der Waals surface area contributed by atoms with Crippen LogP contribution in [0.15, 0.2) is 53.5 Å². The zero-order valence-corrected chi connectivity index (χ0v) is 15.3. The number of halogens is 1. The van der Waals surface area contributed by atoms with E-state index in [9.17, 15) is 14.5 Å². The smallest absolute Gasteiger partial charge is 0.274 e. The Bertz CT molecular complexity index is 798. The van der Waals surface area contributed by atoms with Gasteiger partial charge in [-0.25, -0.2) is 9.38 Å². The number of para-hydroxylation sites is 1. The molecule has 0 aliphatic heterocycles. The molecular weight excluding hydrogens is 351 g/mol. The third kappa shape index (κ3) is 6.58. The lowest BCUT2D eigenvalue weighted by Gasteiger charge is -2.17. The van der Waals surface area contributed by atoms with E-state index >= 15 is 0 Å². The van der Waals surface area contributed by atoms with E-state index in [0.717, 1.165) is 0 Å². The summed E-state index contributed by atoms with van der Waals surface area (Å²) in [5.74, 6) is 0.614. The summed E-state index contributed by atoms with van der Waals surface area (Å²) in [7, 11) is 0. The Morgan fingerprint density at radius 2 is 2.04 bits per heavy atom. The van der Waals surface area contributed by atoms with Crippen LogP contribution in [0.4, 0.5) is 10.1 Å². The Balaban J connectivity index is 1.96. The van der Waals surface area contributed by atoms with Crippen molar-refractivity contribution in [2.24, 2.45) is 4.99 Å². The number of rotatable bonds is 8. The van der Waals surface area contributed by atoms with Gasteiger partial charge in [0, 0.05) is 18.7 Å². The molecule has 0 saturated carbocycles. The molecule has 0 aliphatic rings. The average molecular weight is 374 g/mol. The second-order valence-electron chi connectivity index (χ2n) is 5.85. The van der Waals surface area contributed by atoms with Crippen LogP contribution in [0.1, 0.15) is 19.4 Å². The molecule has 2 N–H and O–H groups in total. The number of nitro groups is 1. The van der Waals surface area contributed by atoms with Gasteiger partial charge in [-0.1, -0.05) is 24.3 Å². The zero-order valence-electron chi connectivity index (χ0n) is 15.3. The molecule has 1 atom stereocenters. The first-order valence-corrected chi connectivity index (χ1v) is 8.66. The summed E-state index contributed by atoms with van der Waals surface area (Å²) in [6.45, 7) is 5.02. The summed E-state index contributed by atoms with van der Waals surface area (Å²) < 4.78 is 18.9. The molecule has 2 rings (SSSR count). The van der Waals surface area contributed by atoms with Crippen molar-refractivity contribution in [3.05, 3.63) is 70.0 Å². The van der Waals surface area contributed by atoms with Crippen molar-refractivity contribution >= 4 is 11.6 Å². The molecule has 8 heteroatoms. The minimum absolute atomic E-state index is 0.0416. The van der Waals surface area contributed by atoms with Crippen LogP contribution in [0.25, 0.3) is 0 Å². The Kier molecular flexibility index (Phi) is 7.54. The second kappa shape index (κ2) is 10.1. The van der Waals surface area contributed by atoms with Gasteiger partial charge < -0.3 is 15.4 Å². The molecule has 0 aromatic heterocycles. The van der Waals surface area contributed by atoms with Crippen LogP contribution in [0.5, 0.6) is 5.75 Å². The maximum atomic E-state index is 13.2. The Labute approximate surface area is 157 Å². The van der Waals surface area contributed by atoms with Gasteiger partial charge in [-0.15, -0.1) is 0 Å². The molecule has 1 unspecified atom stereocenters. The summed E-state index contributed by atoms with van der Waals surface area (Å²) in [6.07, 6.45) is -0.235. The lowest BCUT2D eigenvalue weighted by Crippen LogP contribution is -2.41. The van der Waals surface area contributed by atoms with Gasteiger partial charge in [0.1, 0.15) is 17.7 Å². The highest BCUT2D eigenvalue weighted by Gasteiger charge is 2.12. The van der Waals surface area contributed by atoms with Gasteiger partial charge in [0.25, 0.3) is 5.69 Å². The maximum Gasteiger partial charge on any atom is 0.274 e. The van der Waals surface area contributed by atoms with Crippen LogP contribution in [0, 0.1) is 15.9 Å². The molecule has 2 aromatic carbocycles. The van der Waals surface area contributed by atoms with E-state index < -0.39 is 4.92 Å². The van der Waals surface area contributed by atoms with E-state index in [1.165, 1.54) is 18.2 Å². The van der Waals surface area contributed by atoms with Crippen molar-refractivity contribution in [1.82, 2.24) is 10.6 Å². The Morgan fingerprint density at radius 3 is 2.74 bits per heavy atom. The highest BCUT2D eigenvalue weighted by atomic mass is 19.1. The molecule has 144 valence electrons. The van der Waals surface area contributed by atoms with Crippen LogP contribution >= 0.6 is 0 Å². The molecular formula is C19H23FN4O3. The maximum absolute atomic E-state index is 13.2. The zero-order chi connectivity index (χ0) is 19.6. The first-order chi connectivity index (χ1) is 13.0. The third-order valence-electron chi connectivity index (χ3n) is 3.63. The summed E-state index contributed by atoms with van der Waals surface area (Å²) in [4.78, 5) is 15.1. The minimum Gasteiger partial charge on any atom is -0.489 e. The molecule has 0 aliphatic carbocycles. The number of nitrogens with zero attached hydrogens (tertiary/aromatic N) is 2. The van der Waals surface area contributed by atoms with Gasteiger partial charge in [-0.3, -0.25) is 10.1 Å². The van der Waals surface area contributed by atoms with Crippen LogP contribution < -0.4 is 15.4 Å². The molecule has 2 aromatic rings. The number of nitro benzene ring substituents is 1. The predicted octanol–water partition coefficient (Wildman–Crippen LogP) is 3.26. The second-order valence-corrected chi connectivity index (χ2v) is 5.85. The predicted molar refractivity (Wildman–Crippen MR) is 102 cm³/mol. The van der Waals surface area contributed by atoms with Crippen molar-refractivity contribution in [3.63, 3.8) is 0 Å². The first-order valence-electron chi connectivity index (χ1n) is 8.66. The number of hydrogen-bond acceptors (Lipinski definition) is 4. The first kappa shape index (κ1) is 20.2. The Hall–Kier alpha value is -3.16. The molecule has 0 amide bonds. The fourth-order valence-corrected chi connectivity index (χ4v) is 2.38. The van der Waals surface area contributed by atoms with Gasteiger partial charge in [-0.05, 0) is 26.0 Å². The van der Waals surface area contributed by atoms with Crippen molar-refractivity contribution in [3.8, 4) is 5.75 Å². The normalized spacial score (nSPS) is 12.3. The number of aliphatic imine (C=N–C) groups is 1. The minimum atomic E-state index is -0.417. The van der Waals surface area contributed by atoms with Crippen molar-refractivity contribution in [2.45, 2.75) is 26.5 Å². The van der Waals surface area contributed by atoms with Crippen LogP contribution in [-0.4, -0.2) is 30.1 Å². The van der Waals surface area contributed by atoms with Crippen LogP contribution in [0.3, 0.4) is 0 Å². The summed E-state index contributed by atoms with van der Waals surface area (Å²) in [6, 6.07) is 12.5. The van der Waals surface area contributed by atoms with Crippen LogP contribution in [0.2, 0.25) is 0 Å². The van der Waals surface area contributed by atoms with Crippen molar-refractivity contribution in [2.75, 3.05) is 13.1 Å². The monoisotopic (exact) mass is 374 g/mol. The quantitative estimate of drug-likeness (QED) is 0.320. The van der Waals surface area contributed by atoms with E-state index in [4.69, 9.17) is 4.74 Å². The SMILES string of the molecule is CCNC(=NCc1ccccc1[N+](=O)[O-])NCC(C)Oc1cccc(F)c1. The van der Waals surface area contributed by atoms with E-state index in [-0.39, 0.29) is 24.2 Å². The summed E-state index contributed by atoms with van der Waals surface area (Å²) >= 11 is 0. The molecule has 0 radical (unpaired) electrons. The summed E-state index contributed by atoms with van der Waals surface area (Å²) in [5, 5.41) is 17.3. The molecule has 0 bridgehead atoms. The molecule has 0 spiro atoms. The molecule has 7 nitrogen and oxygen atoms in total. The molecule has 0 fully saturated rings.